The van der Waals surface area contributed by atoms with Crippen molar-refractivity contribution in [3.8, 4) is 0 Å². The van der Waals surface area contributed by atoms with E-state index in [-0.39, 0.29) is 23.1 Å². The molecule has 0 spiro atoms. The normalized spacial score (nSPS) is 20.7. The van der Waals surface area contributed by atoms with Gasteiger partial charge in [0.15, 0.2) is 0 Å². The zero-order valence-electron chi connectivity index (χ0n) is 22.5. The summed E-state index contributed by atoms with van der Waals surface area (Å²) < 4.78 is 26.1. The summed E-state index contributed by atoms with van der Waals surface area (Å²) in [6, 6.07) is 40.9. The lowest BCUT2D eigenvalue weighted by Gasteiger charge is -2.40. The maximum Gasteiger partial charge on any atom is 0.116 e. The third-order valence-electron chi connectivity index (χ3n) is 6.90. The van der Waals surface area contributed by atoms with Gasteiger partial charge in [0.2, 0.25) is 0 Å². The van der Waals surface area contributed by atoms with Crippen molar-refractivity contribution in [3.05, 3.63) is 155 Å². The van der Waals surface area contributed by atoms with Crippen molar-refractivity contribution in [2.24, 2.45) is 0 Å². The Morgan fingerprint density at radius 2 is 0.850 bits per heavy atom. The van der Waals surface area contributed by atoms with E-state index in [1.54, 1.807) is 0 Å². The molecule has 4 aromatic rings. The van der Waals surface area contributed by atoms with Crippen LogP contribution in [0.2, 0.25) is 0 Å². The Kier molecular flexibility index (Phi) is 10.7. The van der Waals surface area contributed by atoms with Gasteiger partial charge in [0.25, 0.3) is 0 Å². The van der Waals surface area contributed by atoms with Crippen molar-refractivity contribution in [1.29, 1.82) is 0 Å². The first-order chi connectivity index (χ1) is 19.8. The average molecular weight is 600 g/mol. The van der Waals surface area contributed by atoms with Crippen molar-refractivity contribution in [2.75, 3.05) is 6.61 Å². The van der Waals surface area contributed by atoms with Crippen LogP contribution in [0.25, 0.3) is 0 Å². The molecule has 1 aliphatic carbocycles. The summed E-state index contributed by atoms with van der Waals surface area (Å²) in [5.74, 6) is 0. The van der Waals surface area contributed by atoms with Gasteiger partial charge < -0.3 is 18.9 Å². The van der Waals surface area contributed by atoms with Gasteiger partial charge in [0.1, 0.15) is 18.3 Å². The summed E-state index contributed by atoms with van der Waals surface area (Å²) in [5, 5.41) is 0. The van der Waals surface area contributed by atoms with Crippen LogP contribution >= 0.6 is 15.9 Å². The minimum Gasteiger partial charge on any atom is -0.372 e. The van der Waals surface area contributed by atoms with Crippen molar-refractivity contribution >= 4 is 15.9 Å². The molecule has 0 saturated heterocycles. The highest BCUT2D eigenvalue weighted by molar-refractivity contribution is 9.09. The molecule has 0 amide bonds. The van der Waals surface area contributed by atoms with Crippen LogP contribution in [0.15, 0.2) is 133 Å². The summed E-state index contributed by atoms with van der Waals surface area (Å²) in [6.45, 7) is 2.37. The zero-order valence-corrected chi connectivity index (χ0v) is 24.1. The smallest absolute Gasteiger partial charge is 0.116 e. The van der Waals surface area contributed by atoms with Gasteiger partial charge in [-0.3, -0.25) is 0 Å². The predicted octanol–water partition coefficient (Wildman–Crippen LogP) is 7.66. The quantitative estimate of drug-likeness (QED) is 0.117. The van der Waals surface area contributed by atoms with Crippen LogP contribution in [-0.4, -0.2) is 29.7 Å². The largest absolute Gasteiger partial charge is 0.372 e. The second-order valence-electron chi connectivity index (χ2n) is 9.90. The maximum atomic E-state index is 6.66. The molecule has 0 heterocycles. The van der Waals surface area contributed by atoms with Gasteiger partial charge in [0, 0.05) is 0 Å². The molecule has 0 bridgehead atoms. The van der Waals surface area contributed by atoms with E-state index >= 15 is 0 Å². The lowest BCUT2D eigenvalue weighted by molar-refractivity contribution is -0.145. The Morgan fingerprint density at radius 3 is 1.32 bits per heavy atom. The molecular weight excluding hydrogens is 564 g/mol. The number of ether oxygens (including phenoxy) is 4. The SMILES string of the molecule is Br[C@@H]1C=C(COCc2ccccc2)[C@@H](OCc2ccccc2)[C@H](OCc2ccccc2)[C@H]1OCc1ccccc1. The molecule has 0 radical (unpaired) electrons. The summed E-state index contributed by atoms with van der Waals surface area (Å²) >= 11 is 3.90. The number of rotatable bonds is 13. The Morgan fingerprint density at radius 1 is 0.450 bits per heavy atom. The molecule has 0 saturated carbocycles. The second kappa shape index (κ2) is 15.1. The topological polar surface area (TPSA) is 36.9 Å². The van der Waals surface area contributed by atoms with E-state index in [2.05, 4.69) is 70.5 Å². The second-order valence-corrected chi connectivity index (χ2v) is 11.0. The molecule has 0 N–H and O–H groups in total. The fraction of sp³-hybridized carbons (Fsp3) is 0.257. The molecule has 4 nitrogen and oxygen atoms in total. The first-order valence-corrected chi connectivity index (χ1v) is 14.6. The molecule has 206 valence electrons. The standard InChI is InChI=1S/C35H35BrO4/c36-32-21-31(26-37-22-27-13-5-1-6-14-27)33(38-23-28-15-7-2-8-16-28)35(40-25-30-19-11-4-12-20-30)34(32)39-24-29-17-9-3-10-18-29/h1-21,32-35H,22-26H2/t32-,33-,34+,35+/m1/s1. The van der Waals surface area contributed by atoms with Gasteiger partial charge in [-0.05, 0) is 27.8 Å². The number of halogens is 1. The first kappa shape index (κ1) is 28.5. The average Bonchev–Trinajstić information content (AvgIpc) is 3.01. The van der Waals surface area contributed by atoms with Gasteiger partial charge in [-0.15, -0.1) is 0 Å². The Labute approximate surface area is 245 Å². The molecule has 4 aromatic carbocycles. The molecule has 5 heteroatoms. The Balaban J connectivity index is 1.38. The highest BCUT2D eigenvalue weighted by Crippen LogP contribution is 2.33. The van der Waals surface area contributed by atoms with Crippen LogP contribution in [0.1, 0.15) is 22.3 Å². The van der Waals surface area contributed by atoms with E-state index in [0.29, 0.717) is 33.0 Å². The molecule has 0 fully saturated rings. The van der Waals surface area contributed by atoms with E-state index in [0.717, 1.165) is 27.8 Å². The molecule has 0 unspecified atom stereocenters. The number of hydrogen-bond acceptors (Lipinski definition) is 4. The van der Waals surface area contributed by atoms with E-state index in [1.807, 2.05) is 72.8 Å². The van der Waals surface area contributed by atoms with Crippen LogP contribution in [0.3, 0.4) is 0 Å². The molecule has 1 aliphatic rings. The van der Waals surface area contributed by atoms with E-state index < -0.39 is 0 Å². The fourth-order valence-corrected chi connectivity index (χ4v) is 5.61. The maximum absolute atomic E-state index is 6.66. The number of hydrogen-bond donors (Lipinski definition) is 0. The Hall–Kier alpha value is -3.06. The van der Waals surface area contributed by atoms with Gasteiger partial charge in [-0.25, -0.2) is 0 Å². The number of alkyl halides is 1. The van der Waals surface area contributed by atoms with Crippen LogP contribution in [0.4, 0.5) is 0 Å². The summed E-state index contributed by atoms with van der Waals surface area (Å²) in [7, 11) is 0. The van der Waals surface area contributed by atoms with E-state index in [4.69, 9.17) is 18.9 Å². The molecule has 5 rings (SSSR count). The molecule has 4 atom stereocenters. The van der Waals surface area contributed by atoms with Crippen LogP contribution in [0.5, 0.6) is 0 Å². The number of benzene rings is 4. The summed E-state index contributed by atoms with van der Waals surface area (Å²) in [5.41, 5.74) is 5.51. The predicted molar refractivity (Wildman–Crippen MR) is 162 cm³/mol. The molecule has 0 aromatic heterocycles. The van der Waals surface area contributed by atoms with Crippen molar-refractivity contribution in [1.82, 2.24) is 0 Å². The minimum atomic E-state index is -0.350. The first-order valence-electron chi connectivity index (χ1n) is 13.7. The summed E-state index contributed by atoms with van der Waals surface area (Å²) in [6.07, 6.45) is 1.23. The molecular formula is C35H35BrO4. The molecule has 40 heavy (non-hydrogen) atoms. The lowest BCUT2D eigenvalue weighted by atomic mass is 9.90. The zero-order chi connectivity index (χ0) is 27.4. The highest BCUT2D eigenvalue weighted by atomic mass is 79.9. The van der Waals surface area contributed by atoms with E-state index in [1.165, 1.54) is 0 Å². The van der Waals surface area contributed by atoms with E-state index in [9.17, 15) is 0 Å². The van der Waals surface area contributed by atoms with Crippen LogP contribution in [0, 0.1) is 0 Å². The molecule has 0 aliphatic heterocycles. The highest BCUT2D eigenvalue weighted by Gasteiger charge is 2.42. The monoisotopic (exact) mass is 598 g/mol. The minimum absolute atomic E-state index is 0.0658. The van der Waals surface area contributed by atoms with Crippen LogP contribution in [-0.2, 0) is 45.4 Å². The fourth-order valence-electron chi connectivity index (χ4n) is 4.81. The van der Waals surface area contributed by atoms with Gasteiger partial charge in [-0.2, -0.15) is 0 Å². The van der Waals surface area contributed by atoms with Crippen LogP contribution < -0.4 is 0 Å². The van der Waals surface area contributed by atoms with Crippen molar-refractivity contribution in [2.45, 2.75) is 49.6 Å². The van der Waals surface area contributed by atoms with Gasteiger partial charge in [-0.1, -0.05) is 143 Å². The van der Waals surface area contributed by atoms with Crippen molar-refractivity contribution < 1.29 is 18.9 Å². The Bertz CT molecular complexity index is 1300. The van der Waals surface area contributed by atoms with Gasteiger partial charge in [0.05, 0.1) is 37.9 Å². The van der Waals surface area contributed by atoms with Gasteiger partial charge >= 0.3 is 0 Å². The third-order valence-corrected chi connectivity index (χ3v) is 7.68. The van der Waals surface area contributed by atoms with Crippen molar-refractivity contribution in [3.63, 3.8) is 0 Å². The lowest BCUT2D eigenvalue weighted by Crippen LogP contribution is -2.51. The third kappa shape index (κ3) is 8.23. The summed E-state index contributed by atoms with van der Waals surface area (Å²) in [4.78, 5) is -0.0658.